The topological polar surface area (TPSA) is 82.5 Å². The Bertz CT molecular complexity index is 515. The van der Waals surface area contributed by atoms with Crippen molar-refractivity contribution in [3.8, 4) is 0 Å². The molecule has 0 aromatic carbocycles. The molecule has 0 radical (unpaired) electrons. The first kappa shape index (κ1) is 14.9. The summed E-state index contributed by atoms with van der Waals surface area (Å²) in [5.74, 6) is -0.647. The number of nitrogens with one attached hydrogen (secondary N) is 1. The van der Waals surface area contributed by atoms with Gasteiger partial charge in [0.05, 0.1) is 4.88 Å². The van der Waals surface area contributed by atoms with Gasteiger partial charge in [-0.25, -0.2) is 9.78 Å². The van der Waals surface area contributed by atoms with Gasteiger partial charge in [-0.15, -0.1) is 0 Å². The molecule has 1 atom stereocenters. The largest absolute Gasteiger partial charge is 0.476 e. The Morgan fingerprint density at radius 3 is 2.90 bits per heavy atom. The molecule has 0 bridgehead atoms. The Morgan fingerprint density at radius 1 is 1.55 bits per heavy atom. The SMILES string of the molecule is CC(=O)Nc1nc(C(=O)O)c(CN2CCCC(C)C2)s1. The summed E-state index contributed by atoms with van der Waals surface area (Å²) in [6.07, 6.45) is 2.36. The van der Waals surface area contributed by atoms with Crippen molar-refractivity contribution in [3.63, 3.8) is 0 Å². The standard InChI is InChI=1S/C13H19N3O3S/c1-8-4-3-5-16(6-8)7-10-11(12(18)19)15-13(20-10)14-9(2)17/h8H,3-7H2,1-2H3,(H,18,19)(H,14,15,17). The van der Waals surface area contributed by atoms with Gasteiger partial charge >= 0.3 is 5.97 Å². The number of likely N-dealkylation sites (tertiary alicyclic amines) is 1. The maximum absolute atomic E-state index is 11.2. The molecule has 110 valence electrons. The van der Waals surface area contributed by atoms with Crippen LogP contribution < -0.4 is 5.32 Å². The number of aromatic nitrogens is 1. The van der Waals surface area contributed by atoms with Gasteiger partial charge < -0.3 is 10.4 Å². The third-order valence-electron chi connectivity index (χ3n) is 3.29. The van der Waals surface area contributed by atoms with Gasteiger partial charge in [0.25, 0.3) is 0 Å². The number of hydrogen-bond acceptors (Lipinski definition) is 5. The van der Waals surface area contributed by atoms with Crippen molar-refractivity contribution in [2.75, 3.05) is 18.4 Å². The zero-order chi connectivity index (χ0) is 14.7. The molecule has 2 heterocycles. The van der Waals surface area contributed by atoms with Crippen molar-refractivity contribution in [2.24, 2.45) is 5.92 Å². The van der Waals surface area contributed by atoms with Crippen molar-refractivity contribution in [3.05, 3.63) is 10.6 Å². The molecular formula is C13H19N3O3S. The van der Waals surface area contributed by atoms with E-state index in [-0.39, 0.29) is 11.6 Å². The van der Waals surface area contributed by atoms with E-state index >= 15 is 0 Å². The summed E-state index contributed by atoms with van der Waals surface area (Å²) < 4.78 is 0. The van der Waals surface area contributed by atoms with Gasteiger partial charge in [-0.3, -0.25) is 9.69 Å². The van der Waals surface area contributed by atoms with Gasteiger partial charge in [-0.2, -0.15) is 0 Å². The van der Waals surface area contributed by atoms with Crippen LogP contribution in [0.3, 0.4) is 0 Å². The first-order valence-corrected chi connectivity index (χ1v) is 7.50. The highest BCUT2D eigenvalue weighted by molar-refractivity contribution is 7.16. The van der Waals surface area contributed by atoms with E-state index in [0.717, 1.165) is 19.5 Å². The normalized spacial score (nSPS) is 19.8. The molecule has 0 saturated carbocycles. The molecule has 6 nitrogen and oxygen atoms in total. The minimum absolute atomic E-state index is 0.0528. The van der Waals surface area contributed by atoms with Crippen LogP contribution in [0.15, 0.2) is 0 Å². The number of amides is 1. The van der Waals surface area contributed by atoms with Gasteiger partial charge in [0.15, 0.2) is 10.8 Å². The van der Waals surface area contributed by atoms with E-state index in [1.165, 1.54) is 24.7 Å². The highest BCUT2D eigenvalue weighted by Gasteiger charge is 2.22. The smallest absolute Gasteiger partial charge is 0.355 e. The Balaban J connectivity index is 2.14. The summed E-state index contributed by atoms with van der Waals surface area (Å²) in [5, 5.41) is 12.1. The number of anilines is 1. The lowest BCUT2D eigenvalue weighted by Gasteiger charge is -2.30. The van der Waals surface area contributed by atoms with E-state index in [4.69, 9.17) is 0 Å². The lowest BCUT2D eigenvalue weighted by atomic mass is 10.0. The molecule has 1 amide bonds. The molecule has 1 aromatic heterocycles. The fourth-order valence-corrected chi connectivity index (χ4v) is 3.51. The minimum atomic E-state index is -1.04. The molecule has 0 aliphatic carbocycles. The number of piperidine rings is 1. The highest BCUT2D eigenvalue weighted by Crippen LogP contribution is 2.26. The van der Waals surface area contributed by atoms with Crippen molar-refractivity contribution in [1.29, 1.82) is 0 Å². The van der Waals surface area contributed by atoms with Gasteiger partial charge in [-0.1, -0.05) is 18.3 Å². The maximum Gasteiger partial charge on any atom is 0.355 e. The van der Waals surface area contributed by atoms with Crippen LogP contribution in [0.2, 0.25) is 0 Å². The predicted molar refractivity (Wildman–Crippen MR) is 77.1 cm³/mol. The molecule has 1 unspecified atom stereocenters. The Labute approximate surface area is 121 Å². The van der Waals surface area contributed by atoms with E-state index in [2.05, 4.69) is 22.1 Å². The molecule has 1 fully saturated rings. The molecule has 1 saturated heterocycles. The van der Waals surface area contributed by atoms with Crippen molar-refractivity contribution >= 4 is 28.3 Å². The second-order valence-electron chi connectivity index (χ2n) is 5.26. The van der Waals surface area contributed by atoms with E-state index < -0.39 is 5.97 Å². The summed E-state index contributed by atoms with van der Waals surface area (Å²) in [5.41, 5.74) is 0.0528. The molecular weight excluding hydrogens is 278 g/mol. The molecule has 1 aliphatic heterocycles. The number of thiazole rings is 1. The summed E-state index contributed by atoms with van der Waals surface area (Å²) in [7, 11) is 0. The Hall–Kier alpha value is -1.47. The van der Waals surface area contributed by atoms with Gasteiger partial charge in [0, 0.05) is 20.0 Å². The number of carboxylic acid groups (broad SMARTS) is 1. The van der Waals surface area contributed by atoms with Crippen LogP contribution in [0, 0.1) is 5.92 Å². The minimum Gasteiger partial charge on any atom is -0.476 e. The number of aromatic carboxylic acids is 1. The third kappa shape index (κ3) is 3.77. The number of carbonyl (C=O) groups excluding carboxylic acids is 1. The number of carbonyl (C=O) groups is 2. The summed E-state index contributed by atoms with van der Waals surface area (Å²) >= 11 is 1.25. The number of carboxylic acids is 1. The molecule has 7 heteroatoms. The van der Waals surface area contributed by atoms with E-state index in [9.17, 15) is 14.7 Å². The lowest BCUT2D eigenvalue weighted by molar-refractivity contribution is -0.114. The Kier molecular flexibility index (Phi) is 4.72. The molecule has 1 aliphatic rings. The fraction of sp³-hybridized carbons (Fsp3) is 0.615. The van der Waals surface area contributed by atoms with Crippen LogP contribution >= 0.6 is 11.3 Å². The van der Waals surface area contributed by atoms with E-state index in [0.29, 0.717) is 22.5 Å². The first-order valence-electron chi connectivity index (χ1n) is 6.68. The number of rotatable bonds is 4. The lowest BCUT2D eigenvalue weighted by Crippen LogP contribution is -2.33. The number of hydrogen-bond donors (Lipinski definition) is 2. The molecule has 2 N–H and O–H groups in total. The van der Waals surface area contributed by atoms with Crippen molar-refractivity contribution in [1.82, 2.24) is 9.88 Å². The highest BCUT2D eigenvalue weighted by atomic mass is 32.1. The van der Waals surface area contributed by atoms with Crippen molar-refractivity contribution in [2.45, 2.75) is 33.2 Å². The Morgan fingerprint density at radius 2 is 2.30 bits per heavy atom. The zero-order valence-electron chi connectivity index (χ0n) is 11.7. The molecule has 20 heavy (non-hydrogen) atoms. The fourth-order valence-electron chi connectivity index (χ4n) is 2.46. The van der Waals surface area contributed by atoms with Crippen LogP contribution in [0.5, 0.6) is 0 Å². The van der Waals surface area contributed by atoms with Crippen LogP contribution in [-0.4, -0.2) is 40.0 Å². The second kappa shape index (κ2) is 6.32. The maximum atomic E-state index is 11.2. The van der Waals surface area contributed by atoms with E-state index in [1.807, 2.05) is 0 Å². The molecule has 1 aromatic rings. The average Bonchev–Trinajstić information content (AvgIpc) is 2.71. The molecule has 0 spiro atoms. The summed E-state index contributed by atoms with van der Waals surface area (Å²) in [6, 6.07) is 0. The van der Waals surface area contributed by atoms with Crippen LogP contribution in [0.1, 0.15) is 42.1 Å². The number of nitrogens with zero attached hydrogens (tertiary/aromatic N) is 2. The van der Waals surface area contributed by atoms with Crippen molar-refractivity contribution < 1.29 is 14.7 Å². The van der Waals surface area contributed by atoms with Gasteiger partial charge in [-0.05, 0) is 25.3 Å². The summed E-state index contributed by atoms with van der Waals surface area (Å²) in [6.45, 7) is 6.14. The quantitative estimate of drug-likeness (QED) is 0.888. The average molecular weight is 297 g/mol. The first-order chi connectivity index (χ1) is 9.45. The van der Waals surface area contributed by atoms with Gasteiger partial charge in [0.1, 0.15) is 0 Å². The molecule has 2 rings (SSSR count). The third-order valence-corrected chi connectivity index (χ3v) is 4.25. The van der Waals surface area contributed by atoms with E-state index in [1.54, 1.807) is 0 Å². The van der Waals surface area contributed by atoms with Crippen LogP contribution in [0.4, 0.5) is 5.13 Å². The van der Waals surface area contributed by atoms with Crippen LogP contribution in [-0.2, 0) is 11.3 Å². The monoisotopic (exact) mass is 297 g/mol. The second-order valence-corrected chi connectivity index (χ2v) is 6.34. The predicted octanol–water partition coefficient (Wildman–Crippen LogP) is 2.03. The zero-order valence-corrected chi connectivity index (χ0v) is 12.5. The van der Waals surface area contributed by atoms with Crippen LogP contribution in [0.25, 0.3) is 0 Å². The summed E-state index contributed by atoms with van der Waals surface area (Å²) in [4.78, 5) is 29.2. The van der Waals surface area contributed by atoms with Gasteiger partial charge in [0.2, 0.25) is 5.91 Å².